The highest BCUT2D eigenvalue weighted by atomic mass is 19.3. The fourth-order valence-electron chi connectivity index (χ4n) is 1.38. The first kappa shape index (κ1) is 11.4. The van der Waals surface area contributed by atoms with Crippen LogP contribution in [0.2, 0.25) is 0 Å². The van der Waals surface area contributed by atoms with Crippen molar-refractivity contribution in [2.24, 2.45) is 0 Å². The molecule has 2 nitrogen and oxygen atoms in total. The number of alkyl halides is 2. The Morgan fingerprint density at radius 3 is 2.67 bits per heavy atom. The van der Waals surface area contributed by atoms with Gasteiger partial charge < -0.3 is 4.90 Å². The quantitative estimate of drug-likeness (QED) is 0.766. The van der Waals surface area contributed by atoms with Crippen LogP contribution in [0.4, 0.5) is 14.5 Å². The third-order valence-corrected chi connectivity index (χ3v) is 2.10. The Kier molecular flexibility index (Phi) is 3.62. The minimum atomic E-state index is -2.40. The van der Waals surface area contributed by atoms with E-state index in [9.17, 15) is 8.78 Å². The molecule has 0 N–H and O–H groups in total. The summed E-state index contributed by atoms with van der Waals surface area (Å²) in [4.78, 5) is 1.39. The van der Waals surface area contributed by atoms with Crippen molar-refractivity contribution in [3.63, 3.8) is 0 Å². The molecule has 0 spiro atoms. The van der Waals surface area contributed by atoms with Crippen molar-refractivity contribution in [2.75, 3.05) is 18.5 Å². The number of hydrogen-bond donors (Lipinski definition) is 0. The Morgan fingerprint density at radius 1 is 1.47 bits per heavy atom. The number of rotatable bonds is 3. The lowest BCUT2D eigenvalue weighted by Gasteiger charge is -2.20. The Balaban J connectivity index is 2.99. The highest BCUT2D eigenvalue weighted by Crippen LogP contribution is 2.20. The van der Waals surface area contributed by atoms with Gasteiger partial charge in [-0.2, -0.15) is 5.26 Å². The molecule has 0 aromatic heterocycles. The van der Waals surface area contributed by atoms with Gasteiger partial charge >= 0.3 is 0 Å². The summed E-state index contributed by atoms with van der Waals surface area (Å²) in [5, 5.41) is 8.86. The molecule has 0 heterocycles. The van der Waals surface area contributed by atoms with Gasteiger partial charge in [0.1, 0.15) is 6.07 Å². The minimum absolute atomic E-state index is 0.363. The van der Waals surface area contributed by atoms with Crippen molar-refractivity contribution in [3.05, 3.63) is 29.3 Å². The Hall–Kier alpha value is -1.63. The van der Waals surface area contributed by atoms with Crippen molar-refractivity contribution < 1.29 is 8.78 Å². The predicted octanol–water partition coefficient (Wildman–Crippen LogP) is 2.57. The predicted molar refractivity (Wildman–Crippen MR) is 55.2 cm³/mol. The van der Waals surface area contributed by atoms with Gasteiger partial charge in [0.05, 0.1) is 17.8 Å². The van der Waals surface area contributed by atoms with Crippen LogP contribution >= 0.6 is 0 Å². The molecule has 1 aromatic rings. The molecule has 0 radical (unpaired) electrons. The maximum absolute atomic E-state index is 12.2. The maximum Gasteiger partial charge on any atom is 0.255 e. The largest absolute Gasteiger partial charge is 0.368 e. The number of halogens is 2. The molecule has 0 fully saturated rings. The van der Waals surface area contributed by atoms with Gasteiger partial charge in [0.2, 0.25) is 0 Å². The van der Waals surface area contributed by atoms with Gasteiger partial charge in [-0.15, -0.1) is 0 Å². The molecule has 0 saturated heterocycles. The van der Waals surface area contributed by atoms with Crippen molar-refractivity contribution >= 4 is 5.69 Å². The van der Waals surface area contributed by atoms with Gasteiger partial charge in [0, 0.05) is 7.05 Å². The average Bonchev–Trinajstić information content (AvgIpc) is 2.16. The van der Waals surface area contributed by atoms with Gasteiger partial charge in [0.25, 0.3) is 6.43 Å². The van der Waals surface area contributed by atoms with E-state index >= 15 is 0 Å². The average molecular weight is 210 g/mol. The molecule has 0 bridgehead atoms. The molecule has 0 aliphatic carbocycles. The topological polar surface area (TPSA) is 27.0 Å². The first-order chi connectivity index (χ1) is 7.04. The van der Waals surface area contributed by atoms with Crippen LogP contribution < -0.4 is 4.90 Å². The first-order valence-electron chi connectivity index (χ1n) is 4.54. The Morgan fingerprint density at radius 2 is 2.13 bits per heavy atom. The third kappa shape index (κ3) is 2.91. The van der Waals surface area contributed by atoms with Crippen LogP contribution in [0.15, 0.2) is 18.2 Å². The van der Waals surface area contributed by atoms with Crippen molar-refractivity contribution in [1.29, 1.82) is 5.26 Å². The van der Waals surface area contributed by atoms with E-state index in [0.29, 0.717) is 11.3 Å². The molecule has 0 aliphatic rings. The lowest BCUT2D eigenvalue weighted by Crippen LogP contribution is -2.24. The van der Waals surface area contributed by atoms with Gasteiger partial charge in [0.15, 0.2) is 0 Å². The van der Waals surface area contributed by atoms with Crippen molar-refractivity contribution in [2.45, 2.75) is 13.3 Å². The summed E-state index contributed by atoms with van der Waals surface area (Å²) in [6, 6.07) is 7.19. The van der Waals surface area contributed by atoms with Crippen LogP contribution in [-0.4, -0.2) is 20.0 Å². The molecule has 0 unspecified atom stereocenters. The number of hydrogen-bond acceptors (Lipinski definition) is 2. The molecular formula is C11H12F2N2. The van der Waals surface area contributed by atoms with E-state index in [-0.39, 0.29) is 6.54 Å². The van der Waals surface area contributed by atoms with Crippen LogP contribution in [0.5, 0.6) is 0 Å². The second-order valence-electron chi connectivity index (χ2n) is 3.40. The molecule has 15 heavy (non-hydrogen) atoms. The summed E-state index contributed by atoms with van der Waals surface area (Å²) in [5.41, 5.74) is 1.92. The van der Waals surface area contributed by atoms with E-state index in [0.717, 1.165) is 5.56 Å². The molecule has 1 aromatic carbocycles. The summed E-state index contributed by atoms with van der Waals surface area (Å²) < 4.78 is 24.3. The SMILES string of the molecule is Cc1ccc(N(C)CC(F)F)c(C#N)c1. The van der Waals surface area contributed by atoms with Gasteiger partial charge in [-0.1, -0.05) is 6.07 Å². The van der Waals surface area contributed by atoms with Gasteiger partial charge in [-0.25, -0.2) is 8.78 Å². The van der Waals surface area contributed by atoms with E-state index in [1.807, 2.05) is 13.0 Å². The molecule has 0 aliphatic heterocycles. The molecule has 1 rings (SSSR count). The molecular weight excluding hydrogens is 198 g/mol. The zero-order valence-corrected chi connectivity index (χ0v) is 8.67. The summed E-state index contributed by atoms with van der Waals surface area (Å²) in [5.74, 6) is 0. The Labute approximate surface area is 87.7 Å². The standard InChI is InChI=1S/C11H12F2N2/c1-8-3-4-10(9(5-8)6-14)15(2)7-11(12)13/h3-5,11H,7H2,1-2H3. The van der Waals surface area contributed by atoms with Crippen molar-refractivity contribution in [3.8, 4) is 6.07 Å². The highest BCUT2D eigenvalue weighted by molar-refractivity contribution is 5.59. The van der Waals surface area contributed by atoms with E-state index < -0.39 is 6.43 Å². The highest BCUT2D eigenvalue weighted by Gasteiger charge is 2.11. The lowest BCUT2D eigenvalue weighted by atomic mass is 10.1. The summed E-state index contributed by atoms with van der Waals surface area (Å²) in [6.07, 6.45) is -2.40. The number of aryl methyl sites for hydroxylation is 1. The molecule has 0 saturated carbocycles. The zero-order chi connectivity index (χ0) is 11.4. The first-order valence-corrected chi connectivity index (χ1v) is 4.54. The second kappa shape index (κ2) is 4.74. The second-order valence-corrected chi connectivity index (χ2v) is 3.40. The monoisotopic (exact) mass is 210 g/mol. The number of anilines is 1. The zero-order valence-electron chi connectivity index (χ0n) is 8.67. The van der Waals surface area contributed by atoms with E-state index in [2.05, 4.69) is 0 Å². The molecule has 80 valence electrons. The molecule has 0 amide bonds. The minimum Gasteiger partial charge on any atom is -0.368 e. The van der Waals surface area contributed by atoms with E-state index in [1.54, 1.807) is 25.2 Å². The Bertz CT molecular complexity index is 383. The number of benzene rings is 1. The fourth-order valence-corrected chi connectivity index (χ4v) is 1.38. The smallest absolute Gasteiger partial charge is 0.255 e. The lowest BCUT2D eigenvalue weighted by molar-refractivity contribution is 0.156. The van der Waals surface area contributed by atoms with E-state index in [4.69, 9.17) is 5.26 Å². The summed E-state index contributed by atoms with van der Waals surface area (Å²) in [7, 11) is 1.55. The van der Waals surface area contributed by atoms with Crippen LogP contribution in [0, 0.1) is 18.3 Å². The van der Waals surface area contributed by atoms with E-state index in [1.165, 1.54) is 4.90 Å². The number of nitriles is 1. The maximum atomic E-state index is 12.2. The summed E-state index contributed by atoms with van der Waals surface area (Å²) in [6.45, 7) is 1.50. The molecule has 0 atom stereocenters. The summed E-state index contributed by atoms with van der Waals surface area (Å²) >= 11 is 0. The van der Waals surface area contributed by atoms with Gasteiger partial charge in [-0.3, -0.25) is 0 Å². The normalized spacial score (nSPS) is 10.1. The van der Waals surface area contributed by atoms with Gasteiger partial charge in [-0.05, 0) is 24.6 Å². The van der Waals surface area contributed by atoms with Crippen LogP contribution in [0.3, 0.4) is 0 Å². The number of nitrogens with zero attached hydrogens (tertiary/aromatic N) is 2. The third-order valence-electron chi connectivity index (χ3n) is 2.10. The fraction of sp³-hybridized carbons (Fsp3) is 0.364. The van der Waals surface area contributed by atoms with Crippen LogP contribution in [-0.2, 0) is 0 Å². The van der Waals surface area contributed by atoms with Crippen LogP contribution in [0.25, 0.3) is 0 Å². The molecule has 4 heteroatoms. The van der Waals surface area contributed by atoms with Crippen molar-refractivity contribution in [1.82, 2.24) is 0 Å². The van der Waals surface area contributed by atoms with Crippen LogP contribution in [0.1, 0.15) is 11.1 Å².